The highest BCUT2D eigenvalue weighted by molar-refractivity contribution is 7.90. The van der Waals surface area contributed by atoms with Crippen LogP contribution in [0.15, 0.2) is 35.2 Å². The summed E-state index contributed by atoms with van der Waals surface area (Å²) in [5.74, 6) is -0.979. The molecule has 2 amide bonds. The molecule has 1 aromatic carbocycles. The number of nitrogens with two attached hydrogens (primary N) is 1. The number of primary amides is 1. The Morgan fingerprint density at radius 2 is 1.82 bits per heavy atom. The van der Waals surface area contributed by atoms with Gasteiger partial charge in [0.2, 0.25) is 0 Å². The van der Waals surface area contributed by atoms with Gasteiger partial charge in [0.05, 0.1) is 4.90 Å². The number of carbonyl (C=O) groups excluding carboxylic acids is 2. The monoisotopic (exact) mass is 258 g/mol. The molecule has 92 valence electrons. The van der Waals surface area contributed by atoms with Crippen LogP contribution in [0.25, 0.3) is 0 Å². The summed E-state index contributed by atoms with van der Waals surface area (Å²) >= 11 is 0. The van der Waals surface area contributed by atoms with Gasteiger partial charge in [-0.25, -0.2) is 17.9 Å². The van der Waals surface area contributed by atoms with E-state index in [0.717, 1.165) is 0 Å². The molecule has 0 heterocycles. The van der Waals surface area contributed by atoms with E-state index < -0.39 is 28.6 Å². The number of carbonyl (C=O) groups is 2. The van der Waals surface area contributed by atoms with E-state index in [1.807, 2.05) is 0 Å². The van der Waals surface area contributed by atoms with Crippen LogP contribution in [-0.4, -0.2) is 27.0 Å². The van der Waals surface area contributed by atoms with Crippen molar-refractivity contribution in [3.05, 3.63) is 30.3 Å². The van der Waals surface area contributed by atoms with E-state index in [-0.39, 0.29) is 4.90 Å². The van der Waals surface area contributed by atoms with Gasteiger partial charge in [-0.3, -0.25) is 4.79 Å². The number of rotatable bonds is 4. The van der Waals surface area contributed by atoms with Gasteiger partial charge in [0, 0.05) is 0 Å². The van der Waals surface area contributed by atoms with Gasteiger partial charge in [-0.2, -0.15) is 0 Å². The second-order valence-electron chi connectivity index (χ2n) is 2.95. The third-order valence-corrected chi connectivity index (χ3v) is 3.04. The number of hydrogen-bond donors (Lipinski definition) is 2. The lowest BCUT2D eigenvalue weighted by Crippen LogP contribution is -2.34. The zero-order chi connectivity index (χ0) is 12.9. The summed E-state index contributed by atoms with van der Waals surface area (Å²) < 4.78 is 29.0. The summed E-state index contributed by atoms with van der Waals surface area (Å²) in [5, 5.41) is 0. The summed E-state index contributed by atoms with van der Waals surface area (Å²) in [6.45, 7) is -0.749. The van der Waals surface area contributed by atoms with Gasteiger partial charge in [-0.05, 0) is 12.1 Å². The molecule has 0 fully saturated rings. The molecule has 17 heavy (non-hydrogen) atoms. The molecule has 3 N–H and O–H groups in total. The highest BCUT2D eigenvalue weighted by Gasteiger charge is 2.17. The van der Waals surface area contributed by atoms with Gasteiger partial charge in [0.25, 0.3) is 15.9 Å². The Balaban J connectivity index is 2.68. The Morgan fingerprint density at radius 3 is 2.35 bits per heavy atom. The summed E-state index contributed by atoms with van der Waals surface area (Å²) in [5.41, 5.74) is 4.63. The first-order valence-corrected chi connectivity index (χ1v) is 5.93. The number of amides is 2. The van der Waals surface area contributed by atoms with Crippen molar-refractivity contribution >= 4 is 22.0 Å². The fraction of sp³-hybridized carbons (Fsp3) is 0.111. The van der Waals surface area contributed by atoms with Crippen LogP contribution in [0.1, 0.15) is 0 Å². The van der Waals surface area contributed by atoms with Crippen molar-refractivity contribution in [3.63, 3.8) is 0 Å². The molecule has 0 saturated heterocycles. The normalized spacial score (nSPS) is 10.6. The molecule has 1 aromatic rings. The standard InChI is InChI=1S/C9H10N2O5S/c10-9(13)16-6-8(12)11-17(14,15)7-4-2-1-3-5-7/h1-5H,6H2,(H2,10,13)(H,11,12). The van der Waals surface area contributed by atoms with Crippen LogP contribution in [0.5, 0.6) is 0 Å². The lowest BCUT2D eigenvalue weighted by molar-refractivity contribution is -0.122. The van der Waals surface area contributed by atoms with Crippen molar-refractivity contribution in [3.8, 4) is 0 Å². The molecule has 0 atom stereocenters. The van der Waals surface area contributed by atoms with E-state index >= 15 is 0 Å². The van der Waals surface area contributed by atoms with Gasteiger partial charge in [-0.15, -0.1) is 0 Å². The van der Waals surface area contributed by atoms with Gasteiger partial charge in [0.15, 0.2) is 6.61 Å². The first-order chi connectivity index (χ1) is 7.92. The minimum absolute atomic E-state index is 0.0626. The number of sulfonamides is 1. The maximum absolute atomic E-state index is 11.6. The SMILES string of the molecule is NC(=O)OCC(=O)NS(=O)(=O)c1ccccc1. The van der Waals surface area contributed by atoms with E-state index in [0.29, 0.717) is 0 Å². The van der Waals surface area contributed by atoms with Crippen molar-refractivity contribution in [2.45, 2.75) is 4.90 Å². The van der Waals surface area contributed by atoms with Crippen LogP contribution in [0, 0.1) is 0 Å². The van der Waals surface area contributed by atoms with E-state index in [1.54, 1.807) is 10.8 Å². The van der Waals surface area contributed by atoms with Gasteiger partial charge >= 0.3 is 6.09 Å². The highest BCUT2D eigenvalue weighted by Crippen LogP contribution is 2.06. The van der Waals surface area contributed by atoms with Crippen molar-refractivity contribution in [1.82, 2.24) is 4.72 Å². The molecule has 0 radical (unpaired) electrons. The third kappa shape index (κ3) is 4.11. The van der Waals surface area contributed by atoms with Gasteiger partial charge in [0.1, 0.15) is 0 Å². The van der Waals surface area contributed by atoms with E-state index in [1.165, 1.54) is 24.3 Å². The maximum Gasteiger partial charge on any atom is 0.405 e. The van der Waals surface area contributed by atoms with Crippen molar-refractivity contribution < 1.29 is 22.7 Å². The first kappa shape index (κ1) is 13.0. The highest BCUT2D eigenvalue weighted by atomic mass is 32.2. The molecule has 0 aliphatic heterocycles. The largest absolute Gasteiger partial charge is 0.440 e. The van der Waals surface area contributed by atoms with E-state index in [9.17, 15) is 18.0 Å². The predicted molar refractivity (Wildman–Crippen MR) is 57.3 cm³/mol. The second-order valence-corrected chi connectivity index (χ2v) is 4.63. The van der Waals surface area contributed by atoms with E-state index in [2.05, 4.69) is 10.5 Å². The van der Waals surface area contributed by atoms with Crippen molar-refractivity contribution in [2.75, 3.05) is 6.61 Å². The molecule has 0 spiro atoms. The average Bonchev–Trinajstić information content (AvgIpc) is 2.27. The zero-order valence-corrected chi connectivity index (χ0v) is 9.44. The minimum Gasteiger partial charge on any atom is -0.440 e. The number of benzene rings is 1. The molecule has 7 nitrogen and oxygen atoms in total. The van der Waals surface area contributed by atoms with Crippen molar-refractivity contribution in [1.29, 1.82) is 0 Å². The van der Waals surface area contributed by atoms with Crippen LogP contribution in [0.2, 0.25) is 0 Å². The Kier molecular flexibility index (Phi) is 4.05. The van der Waals surface area contributed by atoms with E-state index in [4.69, 9.17) is 0 Å². The lowest BCUT2D eigenvalue weighted by atomic mass is 10.4. The maximum atomic E-state index is 11.6. The van der Waals surface area contributed by atoms with Crippen LogP contribution in [-0.2, 0) is 19.6 Å². The molecule has 0 aliphatic rings. The Bertz CT molecular complexity index is 511. The Labute approximate surface area is 97.6 Å². The van der Waals surface area contributed by atoms with Crippen LogP contribution in [0.4, 0.5) is 4.79 Å². The summed E-state index contributed by atoms with van der Waals surface area (Å²) in [4.78, 5) is 21.3. The topological polar surface area (TPSA) is 116 Å². The number of hydrogen-bond acceptors (Lipinski definition) is 5. The molecule has 0 saturated carbocycles. The first-order valence-electron chi connectivity index (χ1n) is 4.45. The molecular weight excluding hydrogens is 248 g/mol. The fourth-order valence-electron chi connectivity index (χ4n) is 0.975. The number of ether oxygens (including phenoxy) is 1. The second kappa shape index (κ2) is 5.30. The smallest absolute Gasteiger partial charge is 0.405 e. The average molecular weight is 258 g/mol. The lowest BCUT2D eigenvalue weighted by Gasteiger charge is -2.06. The quantitative estimate of drug-likeness (QED) is 0.761. The molecule has 0 aromatic heterocycles. The molecular formula is C9H10N2O5S. The Morgan fingerprint density at radius 1 is 1.24 bits per heavy atom. The fourth-order valence-corrected chi connectivity index (χ4v) is 1.97. The summed E-state index contributed by atoms with van der Waals surface area (Å²) in [6.07, 6.45) is -1.16. The summed E-state index contributed by atoms with van der Waals surface area (Å²) in [6, 6.07) is 7.31. The number of nitrogens with one attached hydrogen (secondary N) is 1. The minimum atomic E-state index is -3.94. The molecule has 8 heteroatoms. The molecule has 0 aliphatic carbocycles. The van der Waals surface area contributed by atoms with Crippen LogP contribution < -0.4 is 10.5 Å². The van der Waals surface area contributed by atoms with Gasteiger partial charge < -0.3 is 10.5 Å². The molecule has 1 rings (SSSR count). The Hall–Kier alpha value is -2.09. The van der Waals surface area contributed by atoms with Crippen LogP contribution >= 0.6 is 0 Å². The predicted octanol–water partition coefficient (Wildman–Crippen LogP) is -0.413. The summed E-state index contributed by atoms with van der Waals surface area (Å²) in [7, 11) is -3.94. The molecule has 0 bridgehead atoms. The van der Waals surface area contributed by atoms with Crippen LogP contribution in [0.3, 0.4) is 0 Å². The van der Waals surface area contributed by atoms with Crippen molar-refractivity contribution in [2.24, 2.45) is 5.73 Å². The third-order valence-electron chi connectivity index (χ3n) is 1.65. The van der Waals surface area contributed by atoms with Gasteiger partial charge in [-0.1, -0.05) is 18.2 Å². The zero-order valence-electron chi connectivity index (χ0n) is 8.62. The molecule has 0 unspecified atom stereocenters.